The van der Waals surface area contributed by atoms with Gasteiger partial charge in [0.05, 0.1) is 7.11 Å². The molecule has 0 aliphatic carbocycles. The molecule has 0 saturated heterocycles. The molecule has 2 rings (SSSR count). The summed E-state index contributed by atoms with van der Waals surface area (Å²) < 4.78 is 9.59. The summed E-state index contributed by atoms with van der Waals surface area (Å²) in [5.74, 6) is -1.69. The van der Waals surface area contributed by atoms with Crippen molar-refractivity contribution in [3.8, 4) is 0 Å². The van der Waals surface area contributed by atoms with E-state index in [-0.39, 0.29) is 6.42 Å². The van der Waals surface area contributed by atoms with E-state index in [0.29, 0.717) is 0 Å². The van der Waals surface area contributed by atoms with Crippen LogP contribution in [0.15, 0.2) is 30.5 Å². The number of methoxy groups -OCH3 is 1. The second-order valence-corrected chi connectivity index (χ2v) is 5.40. The van der Waals surface area contributed by atoms with Crippen molar-refractivity contribution < 1.29 is 23.9 Å². The van der Waals surface area contributed by atoms with Crippen LogP contribution in [0.5, 0.6) is 0 Å². The Morgan fingerprint density at radius 2 is 1.96 bits per heavy atom. The Hall–Kier alpha value is -2.83. The average Bonchev–Trinajstić information content (AvgIpc) is 2.96. The smallest absolute Gasteiger partial charge is 0.328 e. The first-order valence-corrected chi connectivity index (χ1v) is 7.52. The lowest BCUT2D eigenvalue weighted by molar-refractivity contribution is -0.154. The van der Waals surface area contributed by atoms with Crippen molar-refractivity contribution in [1.29, 1.82) is 0 Å². The number of fused-ring (bicyclic) bond motifs is 1. The number of rotatable bonds is 6. The fourth-order valence-corrected chi connectivity index (χ4v) is 2.45. The first-order valence-electron chi connectivity index (χ1n) is 7.52. The maximum absolute atomic E-state index is 12.1. The van der Waals surface area contributed by atoms with E-state index >= 15 is 0 Å². The lowest BCUT2D eigenvalue weighted by Crippen LogP contribution is -2.47. The van der Waals surface area contributed by atoms with E-state index in [1.807, 2.05) is 24.3 Å². The fourth-order valence-electron chi connectivity index (χ4n) is 2.45. The first-order chi connectivity index (χ1) is 11.4. The van der Waals surface area contributed by atoms with Crippen LogP contribution in [0.1, 0.15) is 19.4 Å². The zero-order chi connectivity index (χ0) is 17.7. The number of ether oxygens (including phenoxy) is 2. The molecule has 0 aliphatic heterocycles. The maximum atomic E-state index is 12.1. The molecule has 2 atom stereocenters. The van der Waals surface area contributed by atoms with Gasteiger partial charge in [-0.2, -0.15) is 0 Å². The van der Waals surface area contributed by atoms with Gasteiger partial charge in [0.2, 0.25) is 0 Å². The van der Waals surface area contributed by atoms with Crippen LogP contribution < -0.4 is 5.32 Å². The van der Waals surface area contributed by atoms with Crippen molar-refractivity contribution in [3.05, 3.63) is 36.0 Å². The molecule has 1 unspecified atom stereocenters. The lowest BCUT2D eigenvalue weighted by atomic mass is 10.0. The van der Waals surface area contributed by atoms with E-state index < -0.39 is 30.0 Å². The zero-order valence-electron chi connectivity index (χ0n) is 13.8. The third-order valence-electron chi connectivity index (χ3n) is 3.61. The largest absolute Gasteiger partial charge is 0.467 e. The number of aromatic amines is 1. The van der Waals surface area contributed by atoms with Crippen LogP contribution in [0.4, 0.5) is 0 Å². The topological polar surface area (TPSA) is 97.5 Å². The molecular weight excluding hydrogens is 312 g/mol. The number of para-hydroxylation sites is 1. The van der Waals surface area contributed by atoms with Crippen LogP contribution in [0.2, 0.25) is 0 Å². The van der Waals surface area contributed by atoms with Crippen molar-refractivity contribution in [2.75, 3.05) is 7.11 Å². The Kier molecular flexibility index (Phi) is 5.57. The van der Waals surface area contributed by atoms with Gasteiger partial charge in [0.1, 0.15) is 6.04 Å². The van der Waals surface area contributed by atoms with Gasteiger partial charge in [0, 0.05) is 30.4 Å². The number of benzene rings is 1. The summed E-state index contributed by atoms with van der Waals surface area (Å²) in [7, 11) is 1.26. The summed E-state index contributed by atoms with van der Waals surface area (Å²) in [5.41, 5.74) is 1.82. The highest BCUT2D eigenvalue weighted by molar-refractivity contribution is 5.89. The van der Waals surface area contributed by atoms with Crippen LogP contribution in [0.3, 0.4) is 0 Å². The van der Waals surface area contributed by atoms with Gasteiger partial charge in [-0.1, -0.05) is 18.2 Å². The van der Waals surface area contributed by atoms with E-state index in [1.54, 1.807) is 6.20 Å². The SMILES string of the molecule is COC(=O)[C@H](Cc1c[nH]c2ccccc12)NC(=O)C(C)OC(C)=O. The minimum atomic E-state index is -0.988. The maximum Gasteiger partial charge on any atom is 0.328 e. The van der Waals surface area contributed by atoms with Crippen molar-refractivity contribution in [2.45, 2.75) is 32.4 Å². The summed E-state index contributed by atoms with van der Waals surface area (Å²) >= 11 is 0. The molecule has 7 nitrogen and oxygen atoms in total. The number of hydrogen-bond acceptors (Lipinski definition) is 5. The van der Waals surface area contributed by atoms with E-state index in [9.17, 15) is 14.4 Å². The molecule has 1 heterocycles. The highest BCUT2D eigenvalue weighted by Crippen LogP contribution is 2.19. The number of nitrogens with one attached hydrogen (secondary N) is 2. The molecule has 7 heteroatoms. The standard InChI is InChI=1S/C17H20N2O5/c1-10(24-11(2)20)16(21)19-15(17(22)23-3)8-12-9-18-14-7-5-4-6-13(12)14/h4-7,9-10,15,18H,8H2,1-3H3,(H,19,21)/t10?,15-/m0/s1. The number of carbonyl (C=O) groups is 3. The van der Waals surface area contributed by atoms with Crippen LogP contribution in [-0.2, 0) is 30.3 Å². The monoisotopic (exact) mass is 332 g/mol. The highest BCUT2D eigenvalue weighted by atomic mass is 16.5. The third kappa shape index (κ3) is 4.13. The Balaban J connectivity index is 2.15. The second-order valence-electron chi connectivity index (χ2n) is 5.40. The van der Waals surface area contributed by atoms with Crippen LogP contribution in [0, 0.1) is 0 Å². The number of hydrogen-bond donors (Lipinski definition) is 2. The molecule has 0 fully saturated rings. The molecule has 1 amide bonds. The van der Waals surface area contributed by atoms with Gasteiger partial charge in [0.15, 0.2) is 6.10 Å². The van der Waals surface area contributed by atoms with Gasteiger partial charge >= 0.3 is 11.9 Å². The molecule has 0 bridgehead atoms. The summed E-state index contributed by atoms with van der Waals surface area (Å²) in [6.45, 7) is 2.66. The Morgan fingerprint density at radius 3 is 2.62 bits per heavy atom. The van der Waals surface area contributed by atoms with E-state index in [2.05, 4.69) is 10.3 Å². The molecule has 128 valence electrons. The fraction of sp³-hybridized carbons (Fsp3) is 0.353. The molecule has 1 aromatic heterocycles. The van der Waals surface area contributed by atoms with Gasteiger partial charge in [0.25, 0.3) is 5.91 Å². The lowest BCUT2D eigenvalue weighted by Gasteiger charge is -2.19. The molecular formula is C17H20N2O5. The summed E-state index contributed by atoms with van der Waals surface area (Å²) in [6.07, 6.45) is 1.06. The van der Waals surface area contributed by atoms with Gasteiger partial charge < -0.3 is 19.8 Å². The Bertz CT molecular complexity index is 752. The van der Waals surface area contributed by atoms with Crippen LogP contribution >= 0.6 is 0 Å². The van der Waals surface area contributed by atoms with Crippen molar-refractivity contribution in [2.24, 2.45) is 0 Å². The quantitative estimate of drug-likeness (QED) is 0.778. The minimum absolute atomic E-state index is 0.259. The van der Waals surface area contributed by atoms with Gasteiger partial charge in [-0.05, 0) is 18.6 Å². The number of esters is 2. The molecule has 24 heavy (non-hydrogen) atoms. The molecule has 0 saturated carbocycles. The normalized spacial score (nSPS) is 13.1. The number of aromatic nitrogens is 1. The molecule has 2 N–H and O–H groups in total. The van der Waals surface area contributed by atoms with Gasteiger partial charge in [-0.15, -0.1) is 0 Å². The van der Waals surface area contributed by atoms with E-state index in [1.165, 1.54) is 21.0 Å². The van der Waals surface area contributed by atoms with Crippen LogP contribution in [0.25, 0.3) is 10.9 Å². The van der Waals surface area contributed by atoms with Crippen molar-refractivity contribution in [1.82, 2.24) is 10.3 Å². The predicted octanol–water partition coefficient (Wildman–Crippen LogP) is 1.32. The van der Waals surface area contributed by atoms with Gasteiger partial charge in [-0.3, -0.25) is 9.59 Å². The minimum Gasteiger partial charge on any atom is -0.467 e. The number of carbonyl (C=O) groups excluding carboxylic acids is 3. The molecule has 2 aromatic rings. The first kappa shape index (κ1) is 17.5. The van der Waals surface area contributed by atoms with Crippen molar-refractivity contribution >= 4 is 28.7 Å². The molecule has 0 radical (unpaired) electrons. The Labute approximate surface area is 139 Å². The highest BCUT2D eigenvalue weighted by Gasteiger charge is 2.26. The predicted molar refractivity (Wildman–Crippen MR) is 87.2 cm³/mol. The third-order valence-corrected chi connectivity index (χ3v) is 3.61. The Morgan fingerprint density at radius 1 is 1.25 bits per heavy atom. The van der Waals surface area contributed by atoms with Gasteiger partial charge in [-0.25, -0.2) is 4.79 Å². The molecule has 1 aromatic carbocycles. The average molecular weight is 332 g/mol. The van der Waals surface area contributed by atoms with E-state index in [4.69, 9.17) is 9.47 Å². The number of H-pyrrole nitrogens is 1. The summed E-state index contributed by atoms with van der Waals surface area (Å²) in [6, 6.07) is 6.78. The number of amides is 1. The summed E-state index contributed by atoms with van der Waals surface area (Å²) in [4.78, 5) is 38.2. The molecule has 0 aliphatic rings. The van der Waals surface area contributed by atoms with E-state index in [0.717, 1.165) is 16.5 Å². The molecule has 0 spiro atoms. The van der Waals surface area contributed by atoms with Crippen LogP contribution in [-0.4, -0.2) is 42.1 Å². The van der Waals surface area contributed by atoms with Crippen molar-refractivity contribution in [3.63, 3.8) is 0 Å². The second kappa shape index (κ2) is 7.63. The zero-order valence-corrected chi connectivity index (χ0v) is 13.8. The summed E-state index contributed by atoms with van der Waals surface area (Å²) in [5, 5.41) is 3.54.